The van der Waals surface area contributed by atoms with Crippen LogP contribution < -0.4 is 15.2 Å². The van der Waals surface area contributed by atoms with E-state index in [4.69, 9.17) is 15.2 Å². The summed E-state index contributed by atoms with van der Waals surface area (Å²) in [6, 6.07) is 6.10. The van der Waals surface area contributed by atoms with Gasteiger partial charge in [-0.05, 0) is 30.5 Å². The van der Waals surface area contributed by atoms with Gasteiger partial charge in [-0.25, -0.2) is 0 Å². The van der Waals surface area contributed by atoms with Crippen LogP contribution in [0.1, 0.15) is 12.6 Å². The van der Waals surface area contributed by atoms with Crippen LogP contribution in [0.15, 0.2) is 24.4 Å². The van der Waals surface area contributed by atoms with Crippen LogP contribution in [0, 0.1) is 0 Å². The molecule has 1 atom stereocenters. The Morgan fingerprint density at radius 2 is 2.00 bits per heavy atom. The monoisotopic (exact) mass is 244 g/mol. The van der Waals surface area contributed by atoms with Gasteiger partial charge < -0.3 is 15.2 Å². The average molecular weight is 244 g/mol. The highest BCUT2D eigenvalue weighted by molar-refractivity contribution is 5.88. The van der Waals surface area contributed by atoms with E-state index in [1.807, 2.05) is 31.3 Å². The number of ether oxygens (including phenoxy) is 2. The molecule has 0 bridgehead atoms. The zero-order valence-corrected chi connectivity index (χ0v) is 10.3. The van der Waals surface area contributed by atoms with Crippen molar-refractivity contribution in [1.29, 1.82) is 0 Å². The Kier molecular flexibility index (Phi) is 2.80. The molecule has 0 radical (unpaired) electrons. The van der Waals surface area contributed by atoms with Crippen molar-refractivity contribution < 1.29 is 9.47 Å². The number of nitrogens with zero attached hydrogens (tertiary/aromatic N) is 1. The highest BCUT2D eigenvalue weighted by Crippen LogP contribution is 2.35. The van der Waals surface area contributed by atoms with Gasteiger partial charge >= 0.3 is 0 Å². The zero-order valence-electron chi connectivity index (χ0n) is 10.3. The van der Waals surface area contributed by atoms with E-state index in [2.05, 4.69) is 4.98 Å². The molecule has 0 saturated carbocycles. The largest absolute Gasteiger partial charge is 0.486 e. The molecule has 0 aliphatic carbocycles. The smallest absolute Gasteiger partial charge is 0.162 e. The second kappa shape index (κ2) is 4.46. The number of benzene rings is 1. The minimum absolute atomic E-state index is 0.0938. The Hall–Kier alpha value is -1.81. The molecule has 1 unspecified atom stereocenters. The summed E-state index contributed by atoms with van der Waals surface area (Å²) in [5.41, 5.74) is 6.87. The summed E-state index contributed by atoms with van der Waals surface area (Å²) in [6.45, 7) is 3.19. The van der Waals surface area contributed by atoms with Gasteiger partial charge in [0, 0.05) is 29.7 Å². The maximum Gasteiger partial charge on any atom is 0.162 e. The van der Waals surface area contributed by atoms with Crippen molar-refractivity contribution in [1.82, 2.24) is 4.98 Å². The van der Waals surface area contributed by atoms with Crippen molar-refractivity contribution in [2.45, 2.75) is 19.4 Å². The van der Waals surface area contributed by atoms with E-state index >= 15 is 0 Å². The third kappa shape index (κ3) is 1.99. The molecule has 3 rings (SSSR count). The molecule has 0 amide bonds. The molecule has 0 spiro atoms. The molecule has 4 heteroatoms. The van der Waals surface area contributed by atoms with Crippen LogP contribution in [0.3, 0.4) is 0 Å². The van der Waals surface area contributed by atoms with E-state index in [1.165, 1.54) is 0 Å². The first kappa shape index (κ1) is 11.3. The molecule has 1 aromatic heterocycles. The molecule has 18 heavy (non-hydrogen) atoms. The van der Waals surface area contributed by atoms with Gasteiger partial charge in [0.1, 0.15) is 13.2 Å². The third-order valence-electron chi connectivity index (χ3n) is 3.03. The quantitative estimate of drug-likeness (QED) is 0.876. The summed E-state index contributed by atoms with van der Waals surface area (Å²) < 4.78 is 11.2. The number of pyridine rings is 1. The number of fused-ring (bicyclic) bond motifs is 2. The molecule has 0 fully saturated rings. The van der Waals surface area contributed by atoms with Crippen molar-refractivity contribution in [3.8, 4) is 11.5 Å². The van der Waals surface area contributed by atoms with Gasteiger partial charge in [0.25, 0.3) is 0 Å². The first-order chi connectivity index (χ1) is 8.74. The van der Waals surface area contributed by atoms with Gasteiger partial charge in [0.2, 0.25) is 0 Å². The Morgan fingerprint density at radius 1 is 1.28 bits per heavy atom. The fourth-order valence-corrected chi connectivity index (χ4v) is 2.24. The summed E-state index contributed by atoms with van der Waals surface area (Å²) in [4.78, 5) is 4.42. The van der Waals surface area contributed by atoms with Crippen LogP contribution in [0.25, 0.3) is 10.8 Å². The summed E-state index contributed by atoms with van der Waals surface area (Å²) >= 11 is 0. The van der Waals surface area contributed by atoms with E-state index in [9.17, 15) is 0 Å². The van der Waals surface area contributed by atoms with Gasteiger partial charge in [0.15, 0.2) is 11.5 Å². The molecule has 2 heterocycles. The van der Waals surface area contributed by atoms with E-state index in [0.29, 0.717) is 13.2 Å². The van der Waals surface area contributed by atoms with Gasteiger partial charge in [0.05, 0.1) is 0 Å². The second-order valence-corrected chi connectivity index (χ2v) is 4.66. The van der Waals surface area contributed by atoms with Crippen molar-refractivity contribution in [3.05, 3.63) is 30.1 Å². The minimum Gasteiger partial charge on any atom is -0.486 e. The van der Waals surface area contributed by atoms with Crippen molar-refractivity contribution in [3.63, 3.8) is 0 Å². The molecule has 0 saturated heterocycles. The van der Waals surface area contributed by atoms with Gasteiger partial charge in [-0.1, -0.05) is 0 Å². The highest BCUT2D eigenvalue weighted by atomic mass is 16.6. The molecule has 94 valence electrons. The normalized spacial score (nSPS) is 15.7. The fraction of sp³-hybridized carbons (Fsp3) is 0.357. The molecular formula is C14H16N2O2. The molecule has 2 aromatic rings. The Labute approximate surface area is 106 Å². The number of hydrogen-bond acceptors (Lipinski definition) is 4. The SMILES string of the molecule is CC(N)Cc1nccc2cc3c(cc12)OCCO3. The van der Waals surface area contributed by atoms with Crippen molar-refractivity contribution in [2.75, 3.05) is 13.2 Å². The van der Waals surface area contributed by atoms with Crippen LogP contribution >= 0.6 is 0 Å². The molecule has 2 N–H and O–H groups in total. The summed E-state index contributed by atoms with van der Waals surface area (Å²) in [6.07, 6.45) is 2.58. The maximum atomic E-state index is 5.86. The lowest BCUT2D eigenvalue weighted by Gasteiger charge is -2.19. The Balaban J connectivity index is 2.15. The van der Waals surface area contributed by atoms with Gasteiger partial charge in [-0.3, -0.25) is 4.98 Å². The number of rotatable bonds is 2. The Bertz CT molecular complexity index is 581. The lowest BCUT2D eigenvalue weighted by Crippen LogP contribution is -2.19. The molecule has 1 aliphatic heterocycles. The van der Waals surface area contributed by atoms with Crippen LogP contribution in [-0.4, -0.2) is 24.2 Å². The van der Waals surface area contributed by atoms with E-state index < -0.39 is 0 Å². The Morgan fingerprint density at radius 3 is 2.72 bits per heavy atom. The highest BCUT2D eigenvalue weighted by Gasteiger charge is 2.14. The third-order valence-corrected chi connectivity index (χ3v) is 3.03. The lowest BCUT2D eigenvalue weighted by molar-refractivity contribution is 0.172. The maximum absolute atomic E-state index is 5.86. The summed E-state index contributed by atoms with van der Waals surface area (Å²) in [5, 5.41) is 2.21. The van der Waals surface area contributed by atoms with Crippen molar-refractivity contribution >= 4 is 10.8 Å². The van der Waals surface area contributed by atoms with Crippen LogP contribution in [0.2, 0.25) is 0 Å². The molecular weight excluding hydrogens is 228 g/mol. The van der Waals surface area contributed by atoms with E-state index in [-0.39, 0.29) is 6.04 Å². The summed E-state index contributed by atoms with van der Waals surface area (Å²) in [5.74, 6) is 1.61. The van der Waals surface area contributed by atoms with Crippen LogP contribution in [-0.2, 0) is 6.42 Å². The standard InChI is InChI=1S/C14H16N2O2/c1-9(15)6-12-11-8-14-13(17-4-5-18-14)7-10(11)2-3-16-12/h2-3,7-9H,4-6,15H2,1H3. The number of nitrogens with two attached hydrogens (primary N) is 1. The number of aromatic nitrogens is 1. The van der Waals surface area contributed by atoms with Gasteiger partial charge in [-0.15, -0.1) is 0 Å². The zero-order chi connectivity index (χ0) is 12.5. The summed E-state index contributed by atoms with van der Waals surface area (Å²) in [7, 11) is 0. The predicted octanol–water partition coefficient (Wildman–Crippen LogP) is 1.90. The molecule has 1 aliphatic rings. The molecule has 1 aromatic carbocycles. The first-order valence-electron chi connectivity index (χ1n) is 6.17. The van der Waals surface area contributed by atoms with E-state index in [1.54, 1.807) is 0 Å². The first-order valence-corrected chi connectivity index (χ1v) is 6.17. The predicted molar refractivity (Wildman–Crippen MR) is 70.1 cm³/mol. The minimum atomic E-state index is 0.0938. The van der Waals surface area contributed by atoms with Crippen molar-refractivity contribution in [2.24, 2.45) is 5.73 Å². The lowest BCUT2D eigenvalue weighted by atomic mass is 10.0. The number of hydrogen-bond donors (Lipinski definition) is 1. The topological polar surface area (TPSA) is 57.4 Å². The van der Waals surface area contributed by atoms with Crippen LogP contribution in [0.5, 0.6) is 11.5 Å². The second-order valence-electron chi connectivity index (χ2n) is 4.66. The van der Waals surface area contributed by atoms with Crippen LogP contribution in [0.4, 0.5) is 0 Å². The fourth-order valence-electron chi connectivity index (χ4n) is 2.24. The van der Waals surface area contributed by atoms with E-state index in [0.717, 1.165) is 34.4 Å². The average Bonchev–Trinajstić information content (AvgIpc) is 2.36. The molecule has 4 nitrogen and oxygen atoms in total. The van der Waals surface area contributed by atoms with Gasteiger partial charge in [-0.2, -0.15) is 0 Å².